The predicted octanol–water partition coefficient (Wildman–Crippen LogP) is 3.41. The normalized spacial score (nSPS) is 30.4. The van der Waals surface area contributed by atoms with Crippen molar-refractivity contribution in [1.82, 2.24) is 5.32 Å². The van der Waals surface area contributed by atoms with Gasteiger partial charge in [-0.1, -0.05) is 19.3 Å². The molecule has 2 rings (SSSR count). The molecule has 0 aliphatic heterocycles. The minimum absolute atomic E-state index is 0.0275. The van der Waals surface area contributed by atoms with Crippen LogP contribution in [0, 0.1) is 11.8 Å². The SMILES string of the molecule is O=C(N[C@H]1CCC[C@H](C(F)(F)F)C1)C1CCCC1. The van der Waals surface area contributed by atoms with Gasteiger partial charge in [0.15, 0.2) is 0 Å². The third kappa shape index (κ3) is 3.39. The van der Waals surface area contributed by atoms with Gasteiger partial charge in [0.1, 0.15) is 0 Å². The average Bonchev–Trinajstić information content (AvgIpc) is 2.81. The maximum Gasteiger partial charge on any atom is 0.391 e. The fraction of sp³-hybridized carbons (Fsp3) is 0.923. The minimum atomic E-state index is -4.11. The van der Waals surface area contributed by atoms with Crippen molar-refractivity contribution >= 4 is 5.91 Å². The van der Waals surface area contributed by atoms with Crippen LogP contribution in [-0.4, -0.2) is 18.1 Å². The standard InChI is InChI=1S/C13H20F3NO/c14-13(15,16)10-6-3-7-11(8-10)17-12(18)9-4-1-2-5-9/h9-11H,1-8H2,(H,17,18)/t10-,11-/m0/s1. The Morgan fingerprint density at radius 3 is 2.28 bits per heavy atom. The molecule has 0 radical (unpaired) electrons. The van der Waals surface area contributed by atoms with E-state index in [-0.39, 0.29) is 30.7 Å². The number of amides is 1. The molecule has 0 aromatic heterocycles. The largest absolute Gasteiger partial charge is 0.391 e. The first-order chi connectivity index (χ1) is 8.47. The Bertz CT molecular complexity index is 297. The highest BCUT2D eigenvalue weighted by Gasteiger charge is 2.42. The lowest BCUT2D eigenvalue weighted by Crippen LogP contribution is -2.43. The van der Waals surface area contributed by atoms with Crippen LogP contribution < -0.4 is 5.32 Å². The van der Waals surface area contributed by atoms with Gasteiger partial charge in [0.2, 0.25) is 5.91 Å². The lowest BCUT2D eigenvalue weighted by molar-refractivity contribution is -0.184. The zero-order valence-corrected chi connectivity index (χ0v) is 10.4. The van der Waals surface area contributed by atoms with Crippen molar-refractivity contribution in [1.29, 1.82) is 0 Å². The molecule has 2 aliphatic rings. The van der Waals surface area contributed by atoms with Crippen LogP contribution in [0.4, 0.5) is 13.2 Å². The van der Waals surface area contributed by atoms with E-state index in [1.807, 2.05) is 0 Å². The van der Waals surface area contributed by atoms with Crippen molar-refractivity contribution in [2.45, 2.75) is 63.6 Å². The molecule has 2 aliphatic carbocycles. The third-order valence-corrected chi connectivity index (χ3v) is 4.21. The van der Waals surface area contributed by atoms with Crippen LogP contribution in [0.3, 0.4) is 0 Å². The van der Waals surface area contributed by atoms with E-state index in [0.717, 1.165) is 25.7 Å². The van der Waals surface area contributed by atoms with E-state index in [1.54, 1.807) is 0 Å². The molecule has 2 nitrogen and oxygen atoms in total. The number of rotatable bonds is 2. The van der Waals surface area contributed by atoms with Crippen molar-refractivity contribution in [2.24, 2.45) is 11.8 Å². The Morgan fingerprint density at radius 2 is 1.67 bits per heavy atom. The van der Waals surface area contributed by atoms with E-state index in [4.69, 9.17) is 0 Å². The van der Waals surface area contributed by atoms with Gasteiger partial charge in [0, 0.05) is 12.0 Å². The molecule has 0 aromatic rings. The monoisotopic (exact) mass is 263 g/mol. The summed E-state index contributed by atoms with van der Waals surface area (Å²) in [5.41, 5.74) is 0. The van der Waals surface area contributed by atoms with Gasteiger partial charge in [-0.3, -0.25) is 4.79 Å². The first kappa shape index (κ1) is 13.7. The van der Waals surface area contributed by atoms with E-state index in [9.17, 15) is 18.0 Å². The lowest BCUT2D eigenvalue weighted by Gasteiger charge is -2.31. The van der Waals surface area contributed by atoms with E-state index < -0.39 is 12.1 Å². The van der Waals surface area contributed by atoms with Crippen LogP contribution in [0.25, 0.3) is 0 Å². The zero-order chi connectivity index (χ0) is 13.2. The van der Waals surface area contributed by atoms with Gasteiger partial charge < -0.3 is 5.32 Å². The van der Waals surface area contributed by atoms with Gasteiger partial charge in [0.25, 0.3) is 0 Å². The summed E-state index contributed by atoms with van der Waals surface area (Å²) in [5.74, 6) is -1.23. The van der Waals surface area contributed by atoms with Crippen molar-refractivity contribution < 1.29 is 18.0 Å². The van der Waals surface area contributed by atoms with Crippen LogP contribution in [0.15, 0.2) is 0 Å². The Hall–Kier alpha value is -0.740. The molecule has 0 aromatic carbocycles. The Labute approximate surface area is 105 Å². The summed E-state index contributed by atoms with van der Waals surface area (Å²) in [4.78, 5) is 11.9. The van der Waals surface area contributed by atoms with Crippen LogP contribution >= 0.6 is 0 Å². The molecule has 2 fully saturated rings. The number of alkyl halides is 3. The second-order valence-corrected chi connectivity index (χ2v) is 5.59. The lowest BCUT2D eigenvalue weighted by atomic mass is 9.85. The van der Waals surface area contributed by atoms with Gasteiger partial charge in [-0.05, 0) is 32.1 Å². The van der Waals surface area contributed by atoms with E-state index in [0.29, 0.717) is 12.8 Å². The van der Waals surface area contributed by atoms with Crippen LogP contribution in [0.5, 0.6) is 0 Å². The molecule has 5 heteroatoms. The number of nitrogens with one attached hydrogen (secondary N) is 1. The summed E-state index contributed by atoms with van der Waals surface area (Å²) in [6.45, 7) is 0. The van der Waals surface area contributed by atoms with E-state index in [2.05, 4.69) is 5.32 Å². The summed E-state index contributed by atoms with van der Waals surface area (Å²) < 4.78 is 37.9. The summed E-state index contributed by atoms with van der Waals surface area (Å²) in [6, 6.07) is -0.279. The highest BCUT2D eigenvalue weighted by atomic mass is 19.4. The summed E-state index contributed by atoms with van der Waals surface area (Å²) in [6.07, 6.45) is 1.30. The molecule has 0 spiro atoms. The molecule has 0 unspecified atom stereocenters. The molecular weight excluding hydrogens is 243 g/mol. The molecular formula is C13H20F3NO. The van der Waals surface area contributed by atoms with Crippen LogP contribution in [0.2, 0.25) is 0 Å². The fourth-order valence-electron chi connectivity index (χ4n) is 3.13. The molecule has 18 heavy (non-hydrogen) atoms. The highest BCUT2D eigenvalue weighted by molar-refractivity contribution is 5.79. The number of carbonyl (C=O) groups excluding carboxylic acids is 1. The number of hydrogen-bond donors (Lipinski definition) is 1. The first-order valence-electron chi connectivity index (χ1n) is 6.84. The number of halogens is 3. The Kier molecular flexibility index (Phi) is 4.17. The summed E-state index contributed by atoms with van der Waals surface area (Å²) >= 11 is 0. The van der Waals surface area contributed by atoms with Crippen molar-refractivity contribution in [2.75, 3.05) is 0 Å². The first-order valence-corrected chi connectivity index (χ1v) is 6.84. The summed E-state index contributed by atoms with van der Waals surface area (Å²) in [5, 5.41) is 2.82. The maximum atomic E-state index is 12.6. The van der Waals surface area contributed by atoms with Crippen molar-refractivity contribution in [3.63, 3.8) is 0 Å². The maximum absolute atomic E-state index is 12.6. The van der Waals surface area contributed by atoms with Crippen molar-refractivity contribution in [3.8, 4) is 0 Å². The molecule has 0 heterocycles. The highest BCUT2D eigenvalue weighted by Crippen LogP contribution is 2.37. The Morgan fingerprint density at radius 1 is 1.00 bits per heavy atom. The van der Waals surface area contributed by atoms with Crippen LogP contribution in [0.1, 0.15) is 51.4 Å². The molecule has 1 amide bonds. The molecule has 1 N–H and O–H groups in total. The van der Waals surface area contributed by atoms with Crippen LogP contribution in [-0.2, 0) is 4.79 Å². The Balaban J connectivity index is 1.83. The number of hydrogen-bond acceptors (Lipinski definition) is 1. The third-order valence-electron chi connectivity index (χ3n) is 4.21. The topological polar surface area (TPSA) is 29.1 Å². The zero-order valence-electron chi connectivity index (χ0n) is 10.4. The molecule has 2 atom stereocenters. The van der Waals surface area contributed by atoms with E-state index >= 15 is 0 Å². The number of carbonyl (C=O) groups is 1. The van der Waals surface area contributed by atoms with Gasteiger partial charge in [-0.25, -0.2) is 0 Å². The van der Waals surface area contributed by atoms with Gasteiger partial charge in [-0.15, -0.1) is 0 Å². The van der Waals surface area contributed by atoms with E-state index in [1.165, 1.54) is 0 Å². The average molecular weight is 263 g/mol. The molecule has 2 saturated carbocycles. The fourth-order valence-corrected chi connectivity index (χ4v) is 3.13. The minimum Gasteiger partial charge on any atom is -0.353 e. The smallest absolute Gasteiger partial charge is 0.353 e. The predicted molar refractivity (Wildman–Crippen MR) is 61.9 cm³/mol. The second kappa shape index (κ2) is 5.49. The molecule has 0 bridgehead atoms. The summed E-state index contributed by atoms with van der Waals surface area (Å²) in [7, 11) is 0. The van der Waals surface area contributed by atoms with Gasteiger partial charge in [0.05, 0.1) is 5.92 Å². The molecule has 104 valence electrons. The second-order valence-electron chi connectivity index (χ2n) is 5.59. The molecule has 0 saturated heterocycles. The van der Waals surface area contributed by atoms with Gasteiger partial charge in [-0.2, -0.15) is 13.2 Å². The van der Waals surface area contributed by atoms with Gasteiger partial charge >= 0.3 is 6.18 Å². The quantitative estimate of drug-likeness (QED) is 0.812. The van der Waals surface area contributed by atoms with Crippen molar-refractivity contribution in [3.05, 3.63) is 0 Å².